The molecule has 1 aliphatic rings. The van der Waals surface area contributed by atoms with Gasteiger partial charge in [-0.05, 0) is 50.1 Å². The molecular weight excluding hydrogens is 383 g/mol. The van der Waals surface area contributed by atoms with E-state index in [4.69, 9.17) is 13.9 Å². The molecule has 1 fully saturated rings. The van der Waals surface area contributed by atoms with Crippen LogP contribution in [0.1, 0.15) is 29.9 Å². The van der Waals surface area contributed by atoms with Crippen molar-refractivity contribution in [2.45, 2.75) is 39.0 Å². The lowest BCUT2D eigenvalue weighted by Gasteiger charge is -2.32. The van der Waals surface area contributed by atoms with Crippen molar-refractivity contribution in [2.75, 3.05) is 20.2 Å². The van der Waals surface area contributed by atoms with E-state index >= 15 is 0 Å². The number of ether oxygens (including phenoxy) is 2. The number of piperidine rings is 1. The van der Waals surface area contributed by atoms with Gasteiger partial charge in [-0.25, -0.2) is 9.37 Å². The number of aromatic nitrogens is 1. The Morgan fingerprint density at radius 1 is 1.20 bits per heavy atom. The van der Waals surface area contributed by atoms with Gasteiger partial charge in [0, 0.05) is 13.1 Å². The minimum Gasteiger partial charge on any atom is -0.497 e. The number of rotatable bonds is 7. The zero-order valence-corrected chi connectivity index (χ0v) is 17.4. The Labute approximate surface area is 176 Å². The van der Waals surface area contributed by atoms with E-state index in [1.165, 1.54) is 11.6 Å². The average molecular weight is 410 g/mol. The van der Waals surface area contributed by atoms with Crippen LogP contribution in [0.4, 0.5) is 4.39 Å². The third-order valence-corrected chi connectivity index (χ3v) is 5.46. The molecule has 2 aromatic carbocycles. The minimum absolute atomic E-state index is 0.196. The van der Waals surface area contributed by atoms with Gasteiger partial charge in [-0.15, -0.1) is 0 Å². The molecule has 0 radical (unpaired) electrons. The van der Waals surface area contributed by atoms with Gasteiger partial charge in [0.1, 0.15) is 17.3 Å². The molecule has 2 heterocycles. The van der Waals surface area contributed by atoms with Crippen LogP contribution in [0.5, 0.6) is 5.75 Å². The third kappa shape index (κ3) is 4.89. The Morgan fingerprint density at radius 2 is 2.03 bits per heavy atom. The Kier molecular flexibility index (Phi) is 6.45. The van der Waals surface area contributed by atoms with E-state index in [-0.39, 0.29) is 17.8 Å². The van der Waals surface area contributed by atoms with Crippen LogP contribution in [0.2, 0.25) is 0 Å². The second-order valence-electron chi connectivity index (χ2n) is 7.66. The van der Waals surface area contributed by atoms with Crippen LogP contribution in [0.25, 0.3) is 11.5 Å². The molecule has 1 unspecified atom stereocenters. The first-order chi connectivity index (χ1) is 14.6. The van der Waals surface area contributed by atoms with Gasteiger partial charge in [0.25, 0.3) is 0 Å². The quantitative estimate of drug-likeness (QED) is 0.550. The fourth-order valence-electron chi connectivity index (χ4n) is 3.78. The van der Waals surface area contributed by atoms with Gasteiger partial charge in [0.2, 0.25) is 5.89 Å². The standard InChI is InChI=1S/C24H27FN2O3/c1-17-23(26-24(30-17)21-13-19(28-2)10-11-22(21)25)15-27-12-6-9-20(14-27)29-16-18-7-4-3-5-8-18/h3-5,7-8,10-11,13,20H,6,9,12,14-16H2,1-2H3. The first-order valence-corrected chi connectivity index (χ1v) is 10.3. The Balaban J connectivity index is 1.40. The Hall–Kier alpha value is -2.70. The molecule has 1 saturated heterocycles. The average Bonchev–Trinajstić information content (AvgIpc) is 3.13. The number of oxazole rings is 1. The molecule has 5 nitrogen and oxygen atoms in total. The van der Waals surface area contributed by atoms with E-state index in [1.54, 1.807) is 19.2 Å². The number of hydrogen-bond donors (Lipinski definition) is 0. The summed E-state index contributed by atoms with van der Waals surface area (Å²) in [4.78, 5) is 6.91. The number of hydrogen-bond acceptors (Lipinski definition) is 5. The molecule has 30 heavy (non-hydrogen) atoms. The summed E-state index contributed by atoms with van der Waals surface area (Å²) in [5, 5.41) is 0. The van der Waals surface area contributed by atoms with Gasteiger partial charge in [0.15, 0.2) is 0 Å². The van der Waals surface area contributed by atoms with Crippen LogP contribution in [-0.2, 0) is 17.9 Å². The normalized spacial score (nSPS) is 17.2. The molecule has 3 aromatic rings. The fraction of sp³-hybridized carbons (Fsp3) is 0.375. The number of nitrogens with zero attached hydrogens (tertiary/aromatic N) is 2. The van der Waals surface area contributed by atoms with Crippen molar-refractivity contribution in [1.29, 1.82) is 0 Å². The molecular formula is C24H27FN2O3. The van der Waals surface area contributed by atoms with Crippen LogP contribution in [-0.4, -0.2) is 36.2 Å². The summed E-state index contributed by atoms with van der Waals surface area (Å²) in [5.74, 6) is 1.18. The summed E-state index contributed by atoms with van der Waals surface area (Å²) >= 11 is 0. The minimum atomic E-state index is -0.379. The first-order valence-electron chi connectivity index (χ1n) is 10.3. The maximum Gasteiger partial charge on any atom is 0.229 e. The number of likely N-dealkylation sites (tertiary alicyclic amines) is 1. The predicted molar refractivity (Wildman–Crippen MR) is 113 cm³/mol. The molecule has 0 aliphatic carbocycles. The van der Waals surface area contributed by atoms with Gasteiger partial charge in [0.05, 0.1) is 31.1 Å². The van der Waals surface area contributed by atoms with Crippen LogP contribution in [0.3, 0.4) is 0 Å². The van der Waals surface area contributed by atoms with Crippen molar-refractivity contribution in [3.05, 3.63) is 71.4 Å². The van der Waals surface area contributed by atoms with Crippen molar-refractivity contribution >= 4 is 0 Å². The maximum absolute atomic E-state index is 14.3. The van der Waals surface area contributed by atoms with Crippen molar-refractivity contribution in [2.24, 2.45) is 0 Å². The number of benzene rings is 2. The van der Waals surface area contributed by atoms with Crippen LogP contribution >= 0.6 is 0 Å². The van der Waals surface area contributed by atoms with Gasteiger partial charge >= 0.3 is 0 Å². The van der Waals surface area contributed by atoms with E-state index < -0.39 is 0 Å². The van der Waals surface area contributed by atoms with Crippen molar-refractivity contribution in [3.63, 3.8) is 0 Å². The molecule has 1 atom stereocenters. The molecule has 4 rings (SSSR count). The lowest BCUT2D eigenvalue weighted by Crippen LogP contribution is -2.39. The second-order valence-corrected chi connectivity index (χ2v) is 7.66. The largest absolute Gasteiger partial charge is 0.497 e. The molecule has 6 heteroatoms. The smallest absolute Gasteiger partial charge is 0.229 e. The van der Waals surface area contributed by atoms with Crippen LogP contribution < -0.4 is 4.74 Å². The fourth-order valence-corrected chi connectivity index (χ4v) is 3.78. The van der Waals surface area contributed by atoms with Gasteiger partial charge in [-0.2, -0.15) is 0 Å². The summed E-state index contributed by atoms with van der Waals surface area (Å²) in [6, 6.07) is 14.8. The summed E-state index contributed by atoms with van der Waals surface area (Å²) in [6.45, 7) is 4.99. The zero-order chi connectivity index (χ0) is 20.9. The van der Waals surface area contributed by atoms with Gasteiger partial charge in [-0.3, -0.25) is 4.90 Å². The van der Waals surface area contributed by atoms with Crippen molar-refractivity contribution in [1.82, 2.24) is 9.88 Å². The number of halogens is 1. The monoisotopic (exact) mass is 410 g/mol. The van der Waals surface area contributed by atoms with Gasteiger partial charge < -0.3 is 13.9 Å². The third-order valence-electron chi connectivity index (χ3n) is 5.46. The van der Waals surface area contributed by atoms with E-state index in [1.807, 2.05) is 25.1 Å². The molecule has 0 amide bonds. The molecule has 158 valence electrons. The highest BCUT2D eigenvalue weighted by atomic mass is 19.1. The highest BCUT2D eigenvalue weighted by Crippen LogP contribution is 2.29. The Bertz CT molecular complexity index is 974. The summed E-state index contributed by atoms with van der Waals surface area (Å²) < 4.78 is 31.4. The molecule has 0 saturated carbocycles. The van der Waals surface area contributed by atoms with Gasteiger partial charge in [-0.1, -0.05) is 30.3 Å². The Morgan fingerprint density at radius 3 is 2.83 bits per heavy atom. The summed E-state index contributed by atoms with van der Waals surface area (Å²) in [6.07, 6.45) is 2.33. The van der Waals surface area contributed by atoms with Crippen molar-refractivity contribution in [3.8, 4) is 17.2 Å². The maximum atomic E-state index is 14.3. The molecule has 0 spiro atoms. The van der Waals surface area contributed by atoms with E-state index in [9.17, 15) is 4.39 Å². The molecule has 0 bridgehead atoms. The van der Waals surface area contributed by atoms with Crippen molar-refractivity contribution < 1.29 is 18.3 Å². The highest BCUT2D eigenvalue weighted by molar-refractivity contribution is 5.57. The molecule has 1 aliphatic heterocycles. The summed E-state index contributed by atoms with van der Waals surface area (Å²) in [5.41, 5.74) is 2.33. The van der Waals surface area contributed by atoms with Crippen LogP contribution in [0.15, 0.2) is 52.9 Å². The highest BCUT2D eigenvalue weighted by Gasteiger charge is 2.23. The lowest BCUT2D eigenvalue weighted by atomic mass is 10.1. The SMILES string of the molecule is COc1ccc(F)c(-c2nc(CN3CCCC(OCc4ccccc4)C3)c(C)o2)c1. The zero-order valence-electron chi connectivity index (χ0n) is 17.4. The number of aryl methyl sites for hydroxylation is 1. The van der Waals surface area contributed by atoms with E-state index in [0.29, 0.717) is 30.2 Å². The van der Waals surface area contributed by atoms with E-state index in [2.05, 4.69) is 22.0 Å². The predicted octanol–water partition coefficient (Wildman–Crippen LogP) is 4.98. The topological polar surface area (TPSA) is 47.7 Å². The lowest BCUT2D eigenvalue weighted by molar-refractivity contribution is -0.0123. The first kappa shape index (κ1) is 20.6. The second kappa shape index (κ2) is 9.41. The van der Waals surface area contributed by atoms with Crippen LogP contribution in [0, 0.1) is 12.7 Å². The summed E-state index contributed by atoms with van der Waals surface area (Å²) in [7, 11) is 1.55. The van der Waals surface area contributed by atoms with E-state index in [0.717, 1.165) is 31.6 Å². The molecule has 0 N–H and O–H groups in total. The molecule has 1 aromatic heterocycles. The number of methoxy groups -OCH3 is 1.